The van der Waals surface area contributed by atoms with Gasteiger partial charge in [0.1, 0.15) is 6.04 Å². The van der Waals surface area contributed by atoms with Crippen LogP contribution in [-0.2, 0) is 9.59 Å². The molecule has 1 unspecified atom stereocenters. The van der Waals surface area contributed by atoms with Crippen LogP contribution in [0.4, 0.5) is 0 Å². The van der Waals surface area contributed by atoms with Gasteiger partial charge in [-0.05, 0) is 12.3 Å². The predicted molar refractivity (Wildman–Crippen MR) is 58.2 cm³/mol. The zero-order valence-corrected chi connectivity index (χ0v) is 9.32. The number of amides is 2. The van der Waals surface area contributed by atoms with Crippen LogP contribution in [0.15, 0.2) is 12.7 Å². The molecule has 0 spiro atoms. The number of carbonyl (C=O) groups is 2. The fourth-order valence-electron chi connectivity index (χ4n) is 1.62. The second-order valence-electron chi connectivity index (χ2n) is 4.13. The molecule has 1 atom stereocenters. The lowest BCUT2D eigenvalue weighted by atomic mass is 10.0. The van der Waals surface area contributed by atoms with E-state index in [1.54, 1.807) is 11.0 Å². The minimum absolute atomic E-state index is 0.0199. The van der Waals surface area contributed by atoms with E-state index >= 15 is 0 Å². The van der Waals surface area contributed by atoms with Gasteiger partial charge >= 0.3 is 0 Å². The van der Waals surface area contributed by atoms with Crippen molar-refractivity contribution < 1.29 is 9.59 Å². The van der Waals surface area contributed by atoms with Crippen molar-refractivity contribution in [3.8, 4) is 0 Å². The Hall–Kier alpha value is -1.32. The summed E-state index contributed by atoms with van der Waals surface area (Å²) in [6, 6.07) is -0.365. The zero-order chi connectivity index (χ0) is 11.4. The number of hydrogen-bond donors (Lipinski definition) is 1. The Kier molecular flexibility index (Phi) is 3.88. The quantitative estimate of drug-likeness (QED) is 0.689. The number of piperazine rings is 1. The van der Waals surface area contributed by atoms with Gasteiger partial charge in [0.25, 0.3) is 0 Å². The van der Waals surface area contributed by atoms with E-state index in [1.165, 1.54) is 0 Å². The molecule has 4 nitrogen and oxygen atoms in total. The van der Waals surface area contributed by atoms with E-state index in [2.05, 4.69) is 11.9 Å². The average molecular weight is 210 g/mol. The number of nitrogens with zero attached hydrogens (tertiary/aromatic N) is 1. The molecule has 0 aliphatic carbocycles. The van der Waals surface area contributed by atoms with Crippen LogP contribution in [0.2, 0.25) is 0 Å². The summed E-state index contributed by atoms with van der Waals surface area (Å²) in [7, 11) is 0. The Morgan fingerprint density at radius 2 is 2.27 bits per heavy atom. The van der Waals surface area contributed by atoms with Crippen molar-refractivity contribution in [2.75, 3.05) is 13.1 Å². The van der Waals surface area contributed by atoms with E-state index in [1.807, 2.05) is 13.8 Å². The van der Waals surface area contributed by atoms with E-state index < -0.39 is 0 Å². The molecular weight excluding hydrogens is 192 g/mol. The van der Waals surface area contributed by atoms with E-state index in [-0.39, 0.29) is 30.3 Å². The maximum atomic E-state index is 11.9. The van der Waals surface area contributed by atoms with Crippen LogP contribution in [0.3, 0.4) is 0 Å². The third kappa shape index (κ3) is 2.81. The summed E-state index contributed by atoms with van der Waals surface area (Å²) >= 11 is 0. The van der Waals surface area contributed by atoms with Crippen LogP contribution in [0.25, 0.3) is 0 Å². The standard InChI is InChI=1S/C11H18N2O2/c1-4-5-6-13-7-9(14)12-10(8(2)3)11(13)15/h4,8,10H,1,5-7H2,2-3H3,(H,12,14). The summed E-state index contributed by atoms with van der Waals surface area (Å²) in [4.78, 5) is 24.9. The molecule has 4 heteroatoms. The molecule has 0 saturated carbocycles. The van der Waals surface area contributed by atoms with E-state index in [0.29, 0.717) is 6.54 Å². The van der Waals surface area contributed by atoms with Gasteiger partial charge in [0, 0.05) is 6.54 Å². The van der Waals surface area contributed by atoms with Gasteiger partial charge in [-0.3, -0.25) is 9.59 Å². The molecule has 0 aromatic carbocycles. The lowest BCUT2D eigenvalue weighted by Crippen LogP contribution is -2.59. The first kappa shape index (κ1) is 11.8. The van der Waals surface area contributed by atoms with Gasteiger partial charge in [0.2, 0.25) is 11.8 Å². The third-order valence-corrected chi connectivity index (χ3v) is 2.50. The molecule has 1 aliphatic rings. The zero-order valence-electron chi connectivity index (χ0n) is 9.32. The lowest BCUT2D eigenvalue weighted by molar-refractivity contribution is -0.145. The molecule has 1 heterocycles. The number of nitrogens with one attached hydrogen (secondary N) is 1. The molecule has 0 bridgehead atoms. The number of carbonyl (C=O) groups excluding carboxylic acids is 2. The molecule has 1 rings (SSSR count). The first-order valence-electron chi connectivity index (χ1n) is 5.25. The van der Waals surface area contributed by atoms with Gasteiger partial charge in [-0.2, -0.15) is 0 Å². The van der Waals surface area contributed by atoms with Gasteiger partial charge in [-0.1, -0.05) is 19.9 Å². The third-order valence-electron chi connectivity index (χ3n) is 2.50. The lowest BCUT2D eigenvalue weighted by Gasteiger charge is -2.34. The summed E-state index contributed by atoms with van der Waals surface area (Å²) in [6.45, 7) is 8.22. The van der Waals surface area contributed by atoms with Crippen LogP contribution in [0, 0.1) is 5.92 Å². The fraction of sp³-hybridized carbons (Fsp3) is 0.636. The Balaban J connectivity index is 2.67. The SMILES string of the molecule is C=CCCN1CC(=O)NC(C(C)C)C1=O. The van der Waals surface area contributed by atoms with Crippen molar-refractivity contribution in [2.24, 2.45) is 5.92 Å². The predicted octanol–water partition coefficient (Wildman–Crippen LogP) is 0.545. The van der Waals surface area contributed by atoms with Gasteiger partial charge in [0.05, 0.1) is 6.54 Å². The fourth-order valence-corrected chi connectivity index (χ4v) is 1.62. The minimum atomic E-state index is -0.365. The largest absolute Gasteiger partial charge is 0.343 e. The molecule has 1 aliphatic heterocycles. The summed E-state index contributed by atoms with van der Waals surface area (Å²) in [5.74, 6) is 0.0804. The maximum absolute atomic E-state index is 11.9. The van der Waals surface area contributed by atoms with E-state index in [9.17, 15) is 9.59 Å². The molecule has 84 valence electrons. The second kappa shape index (κ2) is 4.96. The van der Waals surface area contributed by atoms with Gasteiger partial charge < -0.3 is 10.2 Å². The molecular formula is C11H18N2O2. The first-order chi connectivity index (χ1) is 7.06. The van der Waals surface area contributed by atoms with Crippen molar-refractivity contribution in [1.29, 1.82) is 0 Å². The molecule has 15 heavy (non-hydrogen) atoms. The molecule has 0 aromatic rings. The van der Waals surface area contributed by atoms with Crippen molar-refractivity contribution >= 4 is 11.8 Å². The molecule has 0 radical (unpaired) electrons. The summed E-state index contributed by atoms with van der Waals surface area (Å²) < 4.78 is 0. The van der Waals surface area contributed by atoms with Crippen molar-refractivity contribution in [3.05, 3.63) is 12.7 Å². The Morgan fingerprint density at radius 3 is 2.80 bits per heavy atom. The molecule has 2 amide bonds. The molecule has 1 fully saturated rings. The molecule has 1 saturated heterocycles. The Morgan fingerprint density at radius 1 is 1.60 bits per heavy atom. The number of hydrogen-bond acceptors (Lipinski definition) is 2. The molecule has 1 N–H and O–H groups in total. The van der Waals surface area contributed by atoms with E-state index in [4.69, 9.17) is 0 Å². The van der Waals surface area contributed by atoms with Crippen LogP contribution >= 0.6 is 0 Å². The van der Waals surface area contributed by atoms with Crippen LogP contribution in [-0.4, -0.2) is 35.8 Å². The highest BCUT2D eigenvalue weighted by Crippen LogP contribution is 2.10. The monoisotopic (exact) mass is 210 g/mol. The topological polar surface area (TPSA) is 49.4 Å². The van der Waals surface area contributed by atoms with Gasteiger partial charge in [-0.15, -0.1) is 6.58 Å². The second-order valence-corrected chi connectivity index (χ2v) is 4.13. The number of rotatable bonds is 4. The van der Waals surface area contributed by atoms with Gasteiger partial charge in [-0.25, -0.2) is 0 Å². The summed E-state index contributed by atoms with van der Waals surface area (Å²) in [5, 5.41) is 2.72. The average Bonchev–Trinajstić information content (AvgIpc) is 2.18. The van der Waals surface area contributed by atoms with Gasteiger partial charge in [0.15, 0.2) is 0 Å². The smallest absolute Gasteiger partial charge is 0.245 e. The van der Waals surface area contributed by atoms with E-state index in [0.717, 1.165) is 6.42 Å². The Bertz CT molecular complexity index is 274. The van der Waals surface area contributed by atoms with Crippen molar-refractivity contribution in [1.82, 2.24) is 10.2 Å². The highest BCUT2D eigenvalue weighted by molar-refractivity contribution is 5.94. The summed E-state index contributed by atoms with van der Waals surface area (Å²) in [5.41, 5.74) is 0. The van der Waals surface area contributed by atoms with Crippen molar-refractivity contribution in [2.45, 2.75) is 26.3 Å². The first-order valence-corrected chi connectivity index (χ1v) is 5.25. The van der Waals surface area contributed by atoms with Crippen LogP contribution in [0.5, 0.6) is 0 Å². The van der Waals surface area contributed by atoms with Crippen LogP contribution < -0.4 is 5.32 Å². The highest BCUT2D eigenvalue weighted by atomic mass is 16.2. The highest BCUT2D eigenvalue weighted by Gasteiger charge is 2.33. The normalized spacial score (nSPS) is 21.8. The van der Waals surface area contributed by atoms with Crippen molar-refractivity contribution in [3.63, 3.8) is 0 Å². The van der Waals surface area contributed by atoms with Crippen LogP contribution in [0.1, 0.15) is 20.3 Å². The Labute approximate surface area is 90.3 Å². The maximum Gasteiger partial charge on any atom is 0.245 e. The molecule has 0 aromatic heterocycles. The summed E-state index contributed by atoms with van der Waals surface area (Å²) in [6.07, 6.45) is 2.48. The minimum Gasteiger partial charge on any atom is -0.343 e.